The topological polar surface area (TPSA) is 78.7 Å². The summed E-state index contributed by atoms with van der Waals surface area (Å²) >= 11 is 0. The third-order valence-electron chi connectivity index (χ3n) is 2.60. The van der Waals surface area contributed by atoms with Gasteiger partial charge in [0.2, 0.25) is 0 Å². The van der Waals surface area contributed by atoms with E-state index in [-0.39, 0.29) is 11.3 Å². The summed E-state index contributed by atoms with van der Waals surface area (Å²) in [5.74, 6) is -0.283. The Morgan fingerprint density at radius 1 is 1.44 bits per heavy atom. The van der Waals surface area contributed by atoms with E-state index < -0.39 is 10.9 Å². The number of nitro benzene ring substituents is 1. The highest BCUT2D eigenvalue weighted by Gasteiger charge is 2.23. The third kappa shape index (κ3) is 2.17. The van der Waals surface area contributed by atoms with E-state index >= 15 is 0 Å². The van der Waals surface area contributed by atoms with Crippen molar-refractivity contribution in [3.05, 3.63) is 45.5 Å². The lowest BCUT2D eigenvalue weighted by Crippen LogP contribution is -2.08. The van der Waals surface area contributed by atoms with Gasteiger partial charge >= 0.3 is 5.97 Å². The van der Waals surface area contributed by atoms with Crippen LogP contribution in [0.2, 0.25) is 0 Å². The van der Waals surface area contributed by atoms with Gasteiger partial charge < -0.3 is 9.47 Å². The maximum Gasteiger partial charge on any atom is 0.341 e. The van der Waals surface area contributed by atoms with E-state index in [4.69, 9.17) is 4.74 Å². The number of hydrogen-bond donors (Lipinski definition) is 0. The van der Waals surface area contributed by atoms with Crippen molar-refractivity contribution in [1.29, 1.82) is 0 Å². The van der Waals surface area contributed by atoms with Gasteiger partial charge in [0.05, 0.1) is 12.0 Å². The second kappa shape index (κ2) is 4.87. The number of hydrogen-bond acceptors (Lipinski definition) is 5. The van der Waals surface area contributed by atoms with Crippen LogP contribution in [-0.2, 0) is 11.2 Å². The van der Waals surface area contributed by atoms with Crippen molar-refractivity contribution in [2.45, 2.75) is 6.42 Å². The van der Waals surface area contributed by atoms with Crippen LogP contribution in [0.5, 0.6) is 5.75 Å². The fourth-order valence-corrected chi connectivity index (χ4v) is 1.77. The first-order chi connectivity index (χ1) is 8.63. The lowest BCUT2D eigenvalue weighted by atomic mass is 10.0. The SMILES string of the molecule is COC(=O)c1cc([N+](=O)[O-])cc2c1OCC=CC2. The average Bonchev–Trinajstić information content (AvgIpc) is 2.61. The molecule has 1 aromatic carbocycles. The number of carbonyl (C=O) groups is 1. The van der Waals surface area contributed by atoms with Crippen LogP contribution in [0, 0.1) is 10.1 Å². The molecule has 0 unspecified atom stereocenters. The number of nitrogens with zero attached hydrogens (tertiary/aromatic N) is 1. The van der Waals surface area contributed by atoms with E-state index in [1.165, 1.54) is 19.2 Å². The van der Waals surface area contributed by atoms with Crippen LogP contribution in [0.15, 0.2) is 24.3 Å². The van der Waals surface area contributed by atoms with Gasteiger partial charge in [0, 0.05) is 17.7 Å². The number of rotatable bonds is 2. The number of esters is 1. The van der Waals surface area contributed by atoms with Gasteiger partial charge in [0.25, 0.3) is 5.69 Å². The molecular formula is C12H11NO5. The lowest BCUT2D eigenvalue weighted by Gasteiger charge is -2.11. The fraction of sp³-hybridized carbons (Fsp3) is 0.250. The summed E-state index contributed by atoms with van der Waals surface area (Å²) in [5.41, 5.74) is 0.553. The molecule has 0 saturated carbocycles. The van der Waals surface area contributed by atoms with Gasteiger partial charge in [-0.2, -0.15) is 0 Å². The Bertz CT molecular complexity index is 536. The highest BCUT2D eigenvalue weighted by Crippen LogP contribution is 2.31. The van der Waals surface area contributed by atoms with Crippen molar-refractivity contribution in [2.24, 2.45) is 0 Å². The molecule has 0 aromatic heterocycles. The Balaban J connectivity index is 2.60. The summed E-state index contributed by atoms with van der Waals surface area (Å²) in [7, 11) is 1.22. The van der Waals surface area contributed by atoms with Gasteiger partial charge in [-0.05, 0) is 6.42 Å². The summed E-state index contributed by atoms with van der Waals surface area (Å²) < 4.78 is 10.0. The second-order valence-corrected chi connectivity index (χ2v) is 3.72. The number of nitro groups is 1. The molecule has 0 fully saturated rings. The van der Waals surface area contributed by atoms with Crippen molar-refractivity contribution in [3.63, 3.8) is 0 Å². The molecule has 1 aliphatic heterocycles. The molecular weight excluding hydrogens is 238 g/mol. The van der Waals surface area contributed by atoms with Crippen molar-refractivity contribution in [3.8, 4) is 5.75 Å². The molecule has 0 spiro atoms. The zero-order valence-electron chi connectivity index (χ0n) is 9.71. The summed E-state index contributed by atoms with van der Waals surface area (Å²) in [4.78, 5) is 21.9. The monoisotopic (exact) mass is 249 g/mol. The van der Waals surface area contributed by atoms with E-state index in [1.54, 1.807) is 6.08 Å². The smallest absolute Gasteiger partial charge is 0.341 e. The molecule has 2 rings (SSSR count). The largest absolute Gasteiger partial charge is 0.488 e. The number of non-ortho nitro benzene ring substituents is 1. The summed E-state index contributed by atoms with van der Waals surface area (Å²) in [6, 6.07) is 2.59. The lowest BCUT2D eigenvalue weighted by molar-refractivity contribution is -0.385. The van der Waals surface area contributed by atoms with E-state index in [0.29, 0.717) is 24.3 Å². The predicted molar refractivity (Wildman–Crippen MR) is 62.8 cm³/mol. The molecule has 0 amide bonds. The van der Waals surface area contributed by atoms with Gasteiger partial charge in [-0.25, -0.2) is 4.79 Å². The van der Waals surface area contributed by atoms with Crippen molar-refractivity contribution in [2.75, 3.05) is 13.7 Å². The van der Waals surface area contributed by atoms with Gasteiger partial charge in [-0.3, -0.25) is 10.1 Å². The predicted octanol–water partition coefficient (Wildman–Crippen LogP) is 1.87. The van der Waals surface area contributed by atoms with Gasteiger partial charge in [-0.1, -0.05) is 12.2 Å². The first-order valence-electron chi connectivity index (χ1n) is 5.31. The first-order valence-corrected chi connectivity index (χ1v) is 5.31. The number of fused-ring (bicyclic) bond motifs is 1. The van der Waals surface area contributed by atoms with Gasteiger partial charge in [0.1, 0.15) is 17.9 Å². The minimum absolute atomic E-state index is 0.0883. The molecule has 1 aromatic rings. The van der Waals surface area contributed by atoms with E-state index in [9.17, 15) is 14.9 Å². The maximum absolute atomic E-state index is 11.6. The molecule has 0 radical (unpaired) electrons. The summed E-state index contributed by atoms with van der Waals surface area (Å²) in [6.07, 6.45) is 4.13. The Kier molecular flexibility index (Phi) is 3.27. The molecule has 0 atom stereocenters. The standard InChI is InChI=1S/C12H11NO5/c1-17-12(14)10-7-9(13(15)16)6-8-4-2-3-5-18-11(8)10/h2-3,6-7H,4-5H2,1H3. The Labute approximate surface area is 103 Å². The van der Waals surface area contributed by atoms with Crippen molar-refractivity contribution in [1.82, 2.24) is 0 Å². The second-order valence-electron chi connectivity index (χ2n) is 3.72. The fourth-order valence-electron chi connectivity index (χ4n) is 1.77. The zero-order valence-corrected chi connectivity index (χ0v) is 9.71. The average molecular weight is 249 g/mol. The molecule has 6 heteroatoms. The van der Waals surface area contributed by atoms with Crippen LogP contribution in [0.3, 0.4) is 0 Å². The number of benzene rings is 1. The molecule has 1 aliphatic rings. The Morgan fingerprint density at radius 3 is 2.89 bits per heavy atom. The maximum atomic E-state index is 11.6. The van der Waals surface area contributed by atoms with Gasteiger partial charge in [0.15, 0.2) is 0 Å². The molecule has 18 heavy (non-hydrogen) atoms. The molecule has 6 nitrogen and oxygen atoms in total. The van der Waals surface area contributed by atoms with Crippen LogP contribution >= 0.6 is 0 Å². The van der Waals surface area contributed by atoms with Crippen LogP contribution in [0.25, 0.3) is 0 Å². The highest BCUT2D eigenvalue weighted by molar-refractivity contribution is 5.94. The Morgan fingerprint density at radius 2 is 2.22 bits per heavy atom. The number of methoxy groups -OCH3 is 1. The highest BCUT2D eigenvalue weighted by atomic mass is 16.6. The third-order valence-corrected chi connectivity index (χ3v) is 2.60. The number of ether oxygens (including phenoxy) is 2. The van der Waals surface area contributed by atoms with E-state index in [2.05, 4.69) is 4.74 Å². The minimum Gasteiger partial charge on any atom is -0.488 e. The van der Waals surface area contributed by atoms with E-state index in [1.807, 2.05) is 6.08 Å². The minimum atomic E-state index is -0.642. The first kappa shape index (κ1) is 12.1. The molecule has 1 heterocycles. The molecule has 94 valence electrons. The summed E-state index contributed by atoms with van der Waals surface area (Å²) in [5, 5.41) is 10.8. The summed E-state index contributed by atoms with van der Waals surface area (Å²) in [6.45, 7) is 0.328. The van der Waals surface area contributed by atoms with Crippen LogP contribution in [0.1, 0.15) is 15.9 Å². The van der Waals surface area contributed by atoms with Crippen LogP contribution in [-0.4, -0.2) is 24.6 Å². The van der Waals surface area contributed by atoms with Crippen LogP contribution < -0.4 is 4.74 Å². The number of carbonyl (C=O) groups excluding carboxylic acids is 1. The van der Waals surface area contributed by atoms with Crippen molar-refractivity contribution >= 4 is 11.7 Å². The van der Waals surface area contributed by atoms with Crippen molar-refractivity contribution < 1.29 is 19.2 Å². The van der Waals surface area contributed by atoms with E-state index in [0.717, 1.165) is 0 Å². The van der Waals surface area contributed by atoms with Crippen LogP contribution in [0.4, 0.5) is 5.69 Å². The molecule has 0 saturated heterocycles. The van der Waals surface area contributed by atoms with Gasteiger partial charge in [-0.15, -0.1) is 0 Å². The normalized spacial score (nSPS) is 13.2. The molecule has 0 aliphatic carbocycles. The quantitative estimate of drug-likeness (QED) is 0.346. The zero-order chi connectivity index (χ0) is 13.1. The number of allylic oxidation sites excluding steroid dienone is 1. The molecule has 0 bridgehead atoms. The molecule has 0 N–H and O–H groups in total. The Hall–Kier alpha value is -2.37.